The van der Waals surface area contributed by atoms with E-state index in [0.29, 0.717) is 0 Å². The van der Waals surface area contributed by atoms with Gasteiger partial charge in [0.05, 0.1) is 5.69 Å². The van der Waals surface area contributed by atoms with Gasteiger partial charge >= 0.3 is 0 Å². The van der Waals surface area contributed by atoms with Gasteiger partial charge in [0.1, 0.15) is 0 Å². The summed E-state index contributed by atoms with van der Waals surface area (Å²) in [5.41, 5.74) is 1.32. The first kappa shape index (κ1) is 9.71. The first-order valence-electron chi connectivity index (χ1n) is 5.64. The number of hydrogen-bond donors (Lipinski definition) is 1. The maximum absolute atomic E-state index is 4.33. The van der Waals surface area contributed by atoms with E-state index in [0.717, 1.165) is 19.1 Å². The molecular formula is C11H19N3. The van der Waals surface area contributed by atoms with E-state index in [4.69, 9.17) is 0 Å². The average molecular weight is 193 g/mol. The summed E-state index contributed by atoms with van der Waals surface area (Å²) in [5.74, 6) is 0. The molecule has 0 aliphatic heterocycles. The van der Waals surface area contributed by atoms with Crippen molar-refractivity contribution in [3.05, 3.63) is 18.0 Å². The minimum absolute atomic E-state index is 0.782. The molecule has 3 nitrogen and oxygen atoms in total. The van der Waals surface area contributed by atoms with Crippen LogP contribution in [0.15, 0.2) is 12.3 Å². The molecule has 0 bridgehead atoms. The van der Waals surface area contributed by atoms with Crippen molar-refractivity contribution in [1.29, 1.82) is 0 Å². The van der Waals surface area contributed by atoms with Gasteiger partial charge in [-0.25, -0.2) is 0 Å². The Morgan fingerprint density at radius 2 is 2.43 bits per heavy atom. The van der Waals surface area contributed by atoms with Crippen molar-refractivity contribution in [2.45, 2.75) is 51.7 Å². The van der Waals surface area contributed by atoms with E-state index in [-0.39, 0.29) is 0 Å². The van der Waals surface area contributed by atoms with Gasteiger partial charge in [-0.15, -0.1) is 0 Å². The van der Waals surface area contributed by atoms with Gasteiger partial charge in [-0.3, -0.25) is 4.68 Å². The first-order chi connectivity index (χ1) is 6.90. The van der Waals surface area contributed by atoms with Crippen molar-refractivity contribution in [2.24, 2.45) is 0 Å². The van der Waals surface area contributed by atoms with Gasteiger partial charge in [-0.2, -0.15) is 5.10 Å². The zero-order valence-electron chi connectivity index (χ0n) is 8.87. The molecule has 1 saturated carbocycles. The second-order valence-electron chi connectivity index (χ2n) is 4.05. The average Bonchev–Trinajstić information content (AvgIpc) is 2.92. The van der Waals surface area contributed by atoms with Gasteiger partial charge < -0.3 is 5.32 Å². The van der Waals surface area contributed by atoms with Gasteiger partial charge in [-0.05, 0) is 25.3 Å². The topological polar surface area (TPSA) is 29.9 Å². The standard InChI is InChI=1S/C11H19N3/c1-2-3-8-14-11(6-7-13-14)9-12-10-4-5-10/h6-7,10,12H,2-5,8-9H2,1H3. The highest BCUT2D eigenvalue weighted by Gasteiger charge is 2.20. The Morgan fingerprint density at radius 1 is 1.57 bits per heavy atom. The number of aryl methyl sites for hydroxylation is 1. The van der Waals surface area contributed by atoms with E-state index >= 15 is 0 Å². The lowest BCUT2D eigenvalue weighted by molar-refractivity contribution is 0.530. The Hall–Kier alpha value is -0.830. The molecule has 0 saturated heterocycles. The Morgan fingerprint density at radius 3 is 3.14 bits per heavy atom. The third-order valence-electron chi connectivity index (χ3n) is 2.68. The molecule has 14 heavy (non-hydrogen) atoms. The van der Waals surface area contributed by atoms with Crippen molar-refractivity contribution >= 4 is 0 Å². The Bertz CT molecular complexity index is 276. The quantitative estimate of drug-likeness (QED) is 0.748. The first-order valence-corrected chi connectivity index (χ1v) is 5.64. The van der Waals surface area contributed by atoms with E-state index in [1.807, 2.05) is 6.20 Å². The Balaban J connectivity index is 1.83. The van der Waals surface area contributed by atoms with Gasteiger partial charge in [-0.1, -0.05) is 13.3 Å². The molecule has 1 aromatic heterocycles. The van der Waals surface area contributed by atoms with E-state index in [1.54, 1.807) is 0 Å². The maximum atomic E-state index is 4.33. The number of hydrogen-bond acceptors (Lipinski definition) is 2. The van der Waals surface area contributed by atoms with E-state index in [9.17, 15) is 0 Å². The summed E-state index contributed by atoms with van der Waals surface area (Å²) in [5, 5.41) is 7.84. The molecular weight excluding hydrogens is 174 g/mol. The molecule has 1 aliphatic rings. The lowest BCUT2D eigenvalue weighted by Crippen LogP contribution is -2.18. The molecule has 0 aromatic carbocycles. The zero-order valence-corrected chi connectivity index (χ0v) is 8.87. The summed E-state index contributed by atoms with van der Waals surface area (Å²) >= 11 is 0. The van der Waals surface area contributed by atoms with Crippen LogP contribution in [0.4, 0.5) is 0 Å². The number of unbranched alkanes of at least 4 members (excludes halogenated alkanes) is 1. The van der Waals surface area contributed by atoms with Crippen molar-refractivity contribution in [3.8, 4) is 0 Å². The van der Waals surface area contributed by atoms with Crippen LogP contribution in [0.25, 0.3) is 0 Å². The summed E-state index contributed by atoms with van der Waals surface area (Å²) in [6, 6.07) is 2.90. The summed E-state index contributed by atoms with van der Waals surface area (Å²) in [4.78, 5) is 0. The van der Waals surface area contributed by atoms with Gasteiger partial charge in [0.25, 0.3) is 0 Å². The molecule has 1 aromatic rings. The van der Waals surface area contributed by atoms with Crippen LogP contribution < -0.4 is 5.32 Å². The number of aromatic nitrogens is 2. The van der Waals surface area contributed by atoms with Crippen molar-refractivity contribution in [2.75, 3.05) is 0 Å². The van der Waals surface area contributed by atoms with Crippen molar-refractivity contribution < 1.29 is 0 Å². The van der Waals surface area contributed by atoms with Crippen LogP contribution in [-0.4, -0.2) is 15.8 Å². The highest BCUT2D eigenvalue weighted by molar-refractivity contribution is 5.01. The molecule has 1 N–H and O–H groups in total. The SMILES string of the molecule is CCCCn1nccc1CNC1CC1. The fourth-order valence-corrected chi connectivity index (χ4v) is 1.56. The van der Waals surface area contributed by atoms with Crippen LogP contribution >= 0.6 is 0 Å². The molecule has 0 radical (unpaired) electrons. The summed E-state index contributed by atoms with van der Waals surface area (Å²) in [6.45, 7) is 4.26. The van der Waals surface area contributed by atoms with Crippen LogP contribution in [0.1, 0.15) is 38.3 Å². The second-order valence-corrected chi connectivity index (χ2v) is 4.05. The molecule has 2 rings (SSSR count). The van der Waals surface area contributed by atoms with Crippen LogP contribution in [-0.2, 0) is 13.1 Å². The molecule has 0 atom stereocenters. The van der Waals surface area contributed by atoms with Crippen molar-refractivity contribution in [3.63, 3.8) is 0 Å². The molecule has 1 heterocycles. The fourth-order valence-electron chi connectivity index (χ4n) is 1.56. The van der Waals surface area contributed by atoms with Gasteiger partial charge in [0.15, 0.2) is 0 Å². The van der Waals surface area contributed by atoms with Crippen LogP contribution in [0.2, 0.25) is 0 Å². The zero-order chi connectivity index (χ0) is 9.80. The second kappa shape index (κ2) is 4.60. The van der Waals surface area contributed by atoms with Gasteiger partial charge in [0, 0.05) is 25.3 Å². The lowest BCUT2D eigenvalue weighted by Gasteiger charge is -2.07. The largest absolute Gasteiger partial charge is 0.308 e. The molecule has 1 fully saturated rings. The van der Waals surface area contributed by atoms with E-state index < -0.39 is 0 Å². The fraction of sp³-hybridized carbons (Fsp3) is 0.727. The smallest absolute Gasteiger partial charge is 0.0522 e. The molecule has 1 aliphatic carbocycles. The van der Waals surface area contributed by atoms with Gasteiger partial charge in [0.2, 0.25) is 0 Å². The molecule has 3 heteroatoms. The van der Waals surface area contributed by atoms with Crippen LogP contribution in [0.3, 0.4) is 0 Å². The molecule has 78 valence electrons. The Labute approximate surface area is 85.5 Å². The third kappa shape index (κ3) is 2.58. The summed E-state index contributed by atoms with van der Waals surface area (Å²) in [7, 11) is 0. The Kier molecular flexibility index (Phi) is 3.19. The monoisotopic (exact) mass is 193 g/mol. The van der Waals surface area contributed by atoms with E-state index in [1.165, 1.54) is 31.4 Å². The highest BCUT2D eigenvalue weighted by atomic mass is 15.3. The molecule has 0 unspecified atom stereocenters. The molecule has 0 amide bonds. The minimum atomic E-state index is 0.782. The van der Waals surface area contributed by atoms with Crippen molar-refractivity contribution in [1.82, 2.24) is 15.1 Å². The van der Waals surface area contributed by atoms with Crippen LogP contribution in [0, 0.1) is 0 Å². The minimum Gasteiger partial charge on any atom is -0.308 e. The number of nitrogens with one attached hydrogen (secondary N) is 1. The summed E-state index contributed by atoms with van der Waals surface area (Å²) < 4.78 is 2.12. The third-order valence-corrected chi connectivity index (χ3v) is 2.68. The highest BCUT2D eigenvalue weighted by Crippen LogP contribution is 2.19. The van der Waals surface area contributed by atoms with Crippen LogP contribution in [0.5, 0.6) is 0 Å². The lowest BCUT2D eigenvalue weighted by atomic mass is 10.3. The number of rotatable bonds is 6. The predicted octanol–water partition coefficient (Wildman–Crippen LogP) is 1.94. The molecule has 0 spiro atoms. The predicted molar refractivity (Wildman–Crippen MR) is 57.0 cm³/mol. The summed E-state index contributed by atoms with van der Waals surface area (Å²) in [6.07, 6.45) is 7.05. The number of nitrogens with zero attached hydrogens (tertiary/aromatic N) is 2. The maximum Gasteiger partial charge on any atom is 0.0522 e. The van der Waals surface area contributed by atoms with E-state index in [2.05, 4.69) is 28.1 Å². The normalized spacial score (nSPS) is 16.1.